The van der Waals surface area contributed by atoms with Crippen molar-refractivity contribution in [3.8, 4) is 0 Å². The Kier molecular flexibility index (Phi) is 7.23. The molecule has 0 unspecified atom stereocenters. The average Bonchev–Trinajstić information content (AvgIpc) is 2.79. The first-order valence-corrected chi connectivity index (χ1v) is 10.6. The lowest BCUT2D eigenvalue weighted by molar-refractivity contribution is 0.0382. The van der Waals surface area contributed by atoms with Crippen molar-refractivity contribution in [2.24, 2.45) is 5.10 Å². The van der Waals surface area contributed by atoms with Gasteiger partial charge in [-0.2, -0.15) is 5.10 Å². The van der Waals surface area contributed by atoms with Gasteiger partial charge in [-0.05, 0) is 12.5 Å². The van der Waals surface area contributed by atoms with Crippen LogP contribution in [0, 0.1) is 6.92 Å². The normalized spacial score (nSPS) is 18.1. The molecule has 0 atom stereocenters. The highest BCUT2D eigenvalue weighted by molar-refractivity contribution is 5.80. The second-order valence-corrected chi connectivity index (χ2v) is 7.62. The van der Waals surface area contributed by atoms with Crippen molar-refractivity contribution in [2.45, 2.75) is 13.3 Å². The molecule has 0 radical (unpaired) electrons. The molecule has 1 N–H and O–H groups in total. The van der Waals surface area contributed by atoms with Gasteiger partial charge in [0.15, 0.2) is 5.82 Å². The Morgan fingerprint density at radius 1 is 1.03 bits per heavy atom. The zero-order chi connectivity index (χ0) is 20.6. The van der Waals surface area contributed by atoms with E-state index in [-0.39, 0.29) is 0 Å². The van der Waals surface area contributed by atoms with E-state index in [2.05, 4.69) is 39.4 Å². The smallest absolute Gasteiger partial charge is 0.152 e. The van der Waals surface area contributed by atoms with Crippen molar-refractivity contribution < 1.29 is 9.47 Å². The number of aromatic nitrogens is 2. The number of nitrogens with zero attached hydrogens (tertiary/aromatic N) is 5. The molecule has 30 heavy (non-hydrogen) atoms. The molecule has 2 aliphatic rings. The van der Waals surface area contributed by atoms with Crippen LogP contribution in [0.15, 0.2) is 35.4 Å². The average molecular weight is 411 g/mol. The van der Waals surface area contributed by atoms with Gasteiger partial charge in [0, 0.05) is 45.2 Å². The molecule has 0 bridgehead atoms. The number of benzene rings is 1. The highest BCUT2D eigenvalue weighted by Crippen LogP contribution is 2.18. The number of nitrogens with one attached hydrogen (secondary N) is 1. The molecule has 0 saturated carbocycles. The Morgan fingerprint density at radius 3 is 2.57 bits per heavy atom. The predicted octanol–water partition coefficient (Wildman–Crippen LogP) is 1.94. The molecule has 2 aromatic rings. The van der Waals surface area contributed by atoms with Crippen molar-refractivity contribution in [1.29, 1.82) is 0 Å². The fourth-order valence-corrected chi connectivity index (χ4v) is 3.61. The summed E-state index contributed by atoms with van der Waals surface area (Å²) in [5.41, 5.74) is 5.36. The van der Waals surface area contributed by atoms with E-state index in [9.17, 15) is 0 Å². The van der Waals surface area contributed by atoms with E-state index >= 15 is 0 Å². The van der Waals surface area contributed by atoms with Crippen LogP contribution in [0.25, 0.3) is 0 Å². The van der Waals surface area contributed by atoms with Crippen molar-refractivity contribution in [3.05, 3.63) is 47.3 Å². The SMILES string of the molecule is Cc1cccc(/C=N/Nc2cc(N3CCOCC3)nc(CCN3CCOCC3)n2)c1. The molecule has 2 fully saturated rings. The summed E-state index contributed by atoms with van der Waals surface area (Å²) in [6.07, 6.45) is 2.62. The Bertz CT molecular complexity index is 847. The first kappa shape index (κ1) is 20.7. The Hall–Kier alpha value is -2.55. The highest BCUT2D eigenvalue weighted by Gasteiger charge is 2.16. The van der Waals surface area contributed by atoms with Gasteiger partial charge in [0.2, 0.25) is 0 Å². The maximum Gasteiger partial charge on any atom is 0.152 e. The number of morpholine rings is 2. The summed E-state index contributed by atoms with van der Waals surface area (Å²) in [5.74, 6) is 2.48. The second kappa shape index (κ2) is 10.5. The molecule has 8 heteroatoms. The summed E-state index contributed by atoms with van der Waals surface area (Å²) in [4.78, 5) is 14.2. The van der Waals surface area contributed by atoms with E-state index in [4.69, 9.17) is 19.4 Å². The lowest BCUT2D eigenvalue weighted by Gasteiger charge is -2.28. The third-order valence-corrected chi connectivity index (χ3v) is 5.28. The lowest BCUT2D eigenvalue weighted by atomic mass is 10.2. The van der Waals surface area contributed by atoms with Gasteiger partial charge in [0.25, 0.3) is 0 Å². The third-order valence-electron chi connectivity index (χ3n) is 5.28. The molecule has 2 saturated heterocycles. The zero-order valence-corrected chi connectivity index (χ0v) is 17.6. The summed E-state index contributed by atoms with van der Waals surface area (Å²) in [5, 5.41) is 4.39. The summed E-state index contributed by atoms with van der Waals surface area (Å²) in [6.45, 7) is 9.67. The van der Waals surface area contributed by atoms with Gasteiger partial charge in [-0.3, -0.25) is 10.3 Å². The Morgan fingerprint density at radius 2 is 1.80 bits per heavy atom. The summed E-state index contributed by atoms with van der Waals surface area (Å²) < 4.78 is 10.9. The van der Waals surface area contributed by atoms with Crippen LogP contribution in [0.4, 0.5) is 11.6 Å². The van der Waals surface area contributed by atoms with Crippen molar-refractivity contribution in [1.82, 2.24) is 14.9 Å². The van der Waals surface area contributed by atoms with E-state index in [1.807, 2.05) is 24.4 Å². The summed E-state index contributed by atoms with van der Waals surface area (Å²) >= 11 is 0. The van der Waals surface area contributed by atoms with Gasteiger partial charge in [-0.15, -0.1) is 0 Å². The van der Waals surface area contributed by atoms with Crippen molar-refractivity contribution >= 4 is 17.9 Å². The summed E-state index contributed by atoms with van der Waals surface area (Å²) in [7, 11) is 0. The highest BCUT2D eigenvalue weighted by atomic mass is 16.5. The van der Waals surface area contributed by atoms with Crippen molar-refractivity contribution in [2.75, 3.05) is 69.5 Å². The predicted molar refractivity (Wildman–Crippen MR) is 118 cm³/mol. The molecular weight excluding hydrogens is 380 g/mol. The van der Waals surface area contributed by atoms with Crippen LogP contribution >= 0.6 is 0 Å². The number of hydrogen-bond acceptors (Lipinski definition) is 8. The number of ether oxygens (including phenoxy) is 2. The van der Waals surface area contributed by atoms with Crippen LogP contribution in [0.5, 0.6) is 0 Å². The molecule has 0 spiro atoms. The minimum atomic E-state index is 0.715. The molecule has 1 aromatic carbocycles. The molecule has 0 aliphatic carbocycles. The second-order valence-electron chi connectivity index (χ2n) is 7.62. The van der Waals surface area contributed by atoms with Crippen LogP contribution < -0.4 is 10.3 Å². The number of anilines is 2. The maximum absolute atomic E-state index is 5.49. The third kappa shape index (κ3) is 5.98. The number of aryl methyl sites for hydroxylation is 1. The molecule has 3 heterocycles. The van der Waals surface area contributed by atoms with Crippen LogP contribution in [0.2, 0.25) is 0 Å². The fourth-order valence-electron chi connectivity index (χ4n) is 3.61. The van der Waals surface area contributed by atoms with Crippen LogP contribution in [-0.4, -0.2) is 80.2 Å². The van der Waals surface area contributed by atoms with E-state index in [1.54, 1.807) is 0 Å². The zero-order valence-electron chi connectivity index (χ0n) is 17.6. The molecular formula is C22H30N6O2. The topological polar surface area (TPSA) is 75.1 Å². The molecule has 2 aliphatic heterocycles. The minimum absolute atomic E-state index is 0.715. The number of rotatable bonds is 7. The van der Waals surface area contributed by atoms with Crippen molar-refractivity contribution in [3.63, 3.8) is 0 Å². The van der Waals surface area contributed by atoms with Crippen LogP contribution in [0.3, 0.4) is 0 Å². The quantitative estimate of drug-likeness (QED) is 0.552. The monoisotopic (exact) mass is 410 g/mol. The molecule has 1 aromatic heterocycles. The minimum Gasteiger partial charge on any atom is -0.379 e. The number of hydrazone groups is 1. The largest absolute Gasteiger partial charge is 0.379 e. The van der Waals surface area contributed by atoms with Crippen LogP contribution in [0.1, 0.15) is 17.0 Å². The lowest BCUT2D eigenvalue weighted by Crippen LogP contribution is -2.38. The summed E-state index contributed by atoms with van der Waals surface area (Å²) in [6, 6.07) is 10.2. The maximum atomic E-state index is 5.49. The van der Waals surface area contributed by atoms with E-state index in [0.29, 0.717) is 5.82 Å². The van der Waals surface area contributed by atoms with Gasteiger partial charge in [-0.25, -0.2) is 9.97 Å². The van der Waals surface area contributed by atoms with Crippen LogP contribution in [-0.2, 0) is 15.9 Å². The molecule has 8 nitrogen and oxygen atoms in total. The first-order valence-electron chi connectivity index (χ1n) is 10.6. The van der Waals surface area contributed by atoms with E-state index < -0.39 is 0 Å². The van der Waals surface area contributed by atoms with Gasteiger partial charge in [-0.1, -0.05) is 29.8 Å². The molecule has 0 amide bonds. The van der Waals surface area contributed by atoms with Gasteiger partial charge >= 0.3 is 0 Å². The number of hydrogen-bond donors (Lipinski definition) is 1. The van der Waals surface area contributed by atoms with Gasteiger partial charge in [0.05, 0.1) is 32.6 Å². The van der Waals surface area contributed by atoms with Gasteiger partial charge in [0.1, 0.15) is 11.6 Å². The van der Waals surface area contributed by atoms with Gasteiger partial charge < -0.3 is 14.4 Å². The Labute approximate surface area is 177 Å². The first-order chi connectivity index (χ1) is 14.8. The molecule has 4 rings (SSSR count). The Balaban J connectivity index is 1.47. The standard InChI is InChI=1S/C22H30N6O2/c1-18-3-2-4-19(15-18)17-23-26-21-16-22(28-9-13-30-14-10-28)25-20(24-21)5-6-27-7-11-29-12-8-27/h2-4,15-17H,5-14H2,1H3,(H,24,25,26)/b23-17+. The molecule has 160 valence electrons. The van der Waals surface area contributed by atoms with E-state index in [0.717, 1.165) is 82.8 Å². The van der Waals surface area contributed by atoms with E-state index in [1.165, 1.54) is 5.56 Å². The fraction of sp³-hybridized carbons (Fsp3) is 0.500.